The van der Waals surface area contributed by atoms with Crippen molar-refractivity contribution in [3.8, 4) is 5.75 Å². The number of fused-ring (bicyclic) bond motifs is 1. The second-order valence-electron chi connectivity index (χ2n) is 4.40. The van der Waals surface area contributed by atoms with E-state index in [4.69, 9.17) is 4.74 Å². The molecule has 1 aliphatic rings. The molecular weight excluding hydrogens is 358 g/mol. The fourth-order valence-corrected chi connectivity index (χ4v) is 3.06. The summed E-state index contributed by atoms with van der Waals surface area (Å²) in [5.74, 6) is 0.433. The lowest BCUT2D eigenvalue weighted by Crippen LogP contribution is -2.18. The average Bonchev–Trinajstić information content (AvgIpc) is 2.91. The molecule has 7 heteroatoms. The molecule has 0 unspecified atom stereocenters. The lowest BCUT2D eigenvalue weighted by Gasteiger charge is -2.18. The van der Waals surface area contributed by atoms with E-state index in [1.807, 2.05) is 6.07 Å². The van der Waals surface area contributed by atoms with Crippen LogP contribution in [0.2, 0.25) is 0 Å². The van der Waals surface area contributed by atoms with Crippen LogP contribution in [0.3, 0.4) is 0 Å². The number of ether oxygens (including phenoxy) is 1. The predicted molar refractivity (Wildman–Crippen MR) is 82.9 cm³/mol. The molecule has 5 nitrogen and oxygen atoms in total. The van der Waals surface area contributed by atoms with Gasteiger partial charge in [0.2, 0.25) is 0 Å². The quantitative estimate of drug-likeness (QED) is 0.456. The summed E-state index contributed by atoms with van der Waals surface area (Å²) in [6, 6.07) is 6.70. The number of nitro groups is 1. The number of hydrogen-bond acceptors (Lipinski definition) is 5. The molecule has 0 N–H and O–H groups in total. The first-order chi connectivity index (χ1) is 10.0. The highest BCUT2D eigenvalue weighted by atomic mass is 79.9. The molecule has 0 aliphatic carbocycles. The molecule has 21 heavy (non-hydrogen) atoms. The van der Waals surface area contributed by atoms with Crippen LogP contribution in [0.5, 0.6) is 5.75 Å². The number of hydrogen-bond donors (Lipinski definition) is 0. The van der Waals surface area contributed by atoms with Gasteiger partial charge in [-0.2, -0.15) is 0 Å². The SMILES string of the molecule is O=C1/C(=C/c2csc([N+](=O)[O-])c2)COc2ccc(Br)cc21. The molecule has 2 heterocycles. The summed E-state index contributed by atoms with van der Waals surface area (Å²) < 4.78 is 6.34. The predicted octanol–water partition coefficient (Wildman–Crippen LogP) is 4.08. The van der Waals surface area contributed by atoms with Gasteiger partial charge in [0.25, 0.3) is 0 Å². The summed E-state index contributed by atoms with van der Waals surface area (Å²) in [6.45, 7) is 0.164. The summed E-state index contributed by atoms with van der Waals surface area (Å²) in [7, 11) is 0. The molecule has 1 aliphatic heterocycles. The topological polar surface area (TPSA) is 69.4 Å². The minimum Gasteiger partial charge on any atom is -0.488 e. The Morgan fingerprint density at radius 2 is 2.19 bits per heavy atom. The number of rotatable bonds is 2. The minimum atomic E-state index is -0.446. The van der Waals surface area contributed by atoms with Gasteiger partial charge in [-0.1, -0.05) is 27.3 Å². The summed E-state index contributed by atoms with van der Waals surface area (Å²) in [4.78, 5) is 22.6. The van der Waals surface area contributed by atoms with Crippen LogP contribution in [0.4, 0.5) is 5.00 Å². The summed E-state index contributed by atoms with van der Waals surface area (Å²) in [5.41, 5.74) is 1.61. The molecule has 0 fully saturated rings. The Hall–Kier alpha value is -1.99. The van der Waals surface area contributed by atoms with Gasteiger partial charge < -0.3 is 4.74 Å². The zero-order valence-corrected chi connectivity index (χ0v) is 12.9. The van der Waals surface area contributed by atoms with E-state index in [9.17, 15) is 14.9 Å². The van der Waals surface area contributed by atoms with Crippen molar-refractivity contribution in [1.82, 2.24) is 0 Å². The Labute approximate surface area is 132 Å². The van der Waals surface area contributed by atoms with Crippen molar-refractivity contribution in [1.29, 1.82) is 0 Å². The van der Waals surface area contributed by atoms with Gasteiger partial charge in [0.1, 0.15) is 12.4 Å². The number of benzene rings is 1. The van der Waals surface area contributed by atoms with Crippen LogP contribution in [-0.4, -0.2) is 17.3 Å². The number of thiophene rings is 1. The van der Waals surface area contributed by atoms with Gasteiger partial charge in [-0.15, -0.1) is 0 Å². The first-order valence-electron chi connectivity index (χ1n) is 5.95. The van der Waals surface area contributed by atoms with Gasteiger partial charge in [-0.25, -0.2) is 0 Å². The third kappa shape index (κ3) is 2.74. The van der Waals surface area contributed by atoms with Crippen LogP contribution in [0.1, 0.15) is 15.9 Å². The lowest BCUT2D eigenvalue weighted by atomic mass is 9.99. The smallest absolute Gasteiger partial charge is 0.324 e. The van der Waals surface area contributed by atoms with E-state index >= 15 is 0 Å². The third-order valence-electron chi connectivity index (χ3n) is 2.99. The van der Waals surface area contributed by atoms with Crippen LogP contribution in [-0.2, 0) is 0 Å². The van der Waals surface area contributed by atoms with Crippen molar-refractivity contribution in [3.63, 3.8) is 0 Å². The average molecular weight is 366 g/mol. The van der Waals surface area contributed by atoms with Gasteiger partial charge in [0.15, 0.2) is 5.78 Å². The monoisotopic (exact) mass is 365 g/mol. The normalized spacial score (nSPS) is 15.7. The summed E-state index contributed by atoms with van der Waals surface area (Å²) in [6.07, 6.45) is 1.63. The third-order valence-corrected chi connectivity index (χ3v) is 4.38. The van der Waals surface area contributed by atoms with E-state index in [-0.39, 0.29) is 17.4 Å². The van der Waals surface area contributed by atoms with Crippen molar-refractivity contribution in [2.75, 3.05) is 6.61 Å². The molecule has 3 rings (SSSR count). The standard InChI is InChI=1S/C14H8BrNO4S/c15-10-1-2-12-11(5-10)14(17)9(6-20-12)3-8-4-13(16(18)19)21-7-8/h1-5,7H,6H2/b9-3+. The zero-order chi connectivity index (χ0) is 15.0. The maximum atomic E-state index is 12.4. The molecule has 1 aromatic heterocycles. The minimum absolute atomic E-state index is 0.0502. The van der Waals surface area contributed by atoms with E-state index in [2.05, 4.69) is 15.9 Å². The van der Waals surface area contributed by atoms with Crippen LogP contribution >= 0.6 is 27.3 Å². The number of ketones is 1. The summed E-state index contributed by atoms with van der Waals surface area (Å²) >= 11 is 4.36. The first-order valence-corrected chi connectivity index (χ1v) is 7.62. The van der Waals surface area contributed by atoms with E-state index in [0.717, 1.165) is 15.8 Å². The lowest BCUT2D eigenvalue weighted by molar-refractivity contribution is -0.380. The second-order valence-corrected chi connectivity index (χ2v) is 6.21. The largest absolute Gasteiger partial charge is 0.488 e. The first kappa shape index (κ1) is 14.0. The molecule has 0 bridgehead atoms. The van der Waals surface area contributed by atoms with Crippen molar-refractivity contribution in [2.45, 2.75) is 0 Å². The van der Waals surface area contributed by atoms with Crippen LogP contribution in [0.25, 0.3) is 6.08 Å². The van der Waals surface area contributed by atoms with Gasteiger partial charge >= 0.3 is 5.00 Å². The van der Waals surface area contributed by atoms with Crippen molar-refractivity contribution in [2.24, 2.45) is 0 Å². The van der Waals surface area contributed by atoms with Crippen molar-refractivity contribution < 1.29 is 14.5 Å². The number of Topliss-reactive ketones (excluding diaryl/α,β-unsaturated/α-hetero) is 1. The van der Waals surface area contributed by atoms with Crippen molar-refractivity contribution in [3.05, 3.63) is 60.9 Å². The second kappa shape index (κ2) is 5.42. The molecule has 0 atom stereocenters. The maximum Gasteiger partial charge on any atom is 0.324 e. The number of halogens is 1. The van der Waals surface area contributed by atoms with Crippen LogP contribution in [0, 0.1) is 10.1 Å². The fraction of sp³-hybridized carbons (Fsp3) is 0.0714. The molecule has 2 aromatic rings. The molecule has 0 saturated heterocycles. The van der Waals surface area contributed by atoms with Gasteiger partial charge in [-0.3, -0.25) is 14.9 Å². The van der Waals surface area contributed by atoms with E-state index in [1.165, 1.54) is 6.07 Å². The molecule has 1 aromatic carbocycles. The molecule has 106 valence electrons. The van der Waals surface area contributed by atoms with Crippen LogP contribution in [0.15, 0.2) is 39.7 Å². The Morgan fingerprint density at radius 3 is 2.90 bits per heavy atom. The summed E-state index contributed by atoms with van der Waals surface area (Å²) in [5, 5.41) is 12.4. The molecular formula is C14H8BrNO4S. The molecule has 0 amide bonds. The van der Waals surface area contributed by atoms with E-state index in [1.54, 1.807) is 23.6 Å². The number of nitrogens with zero attached hydrogens (tertiary/aromatic N) is 1. The molecule has 0 saturated carbocycles. The van der Waals surface area contributed by atoms with Crippen LogP contribution < -0.4 is 4.74 Å². The Bertz CT molecular complexity index is 781. The Morgan fingerprint density at radius 1 is 1.38 bits per heavy atom. The van der Waals surface area contributed by atoms with E-state index < -0.39 is 4.92 Å². The molecule has 0 spiro atoms. The highest BCUT2D eigenvalue weighted by Crippen LogP contribution is 2.31. The number of carbonyl (C=O) groups excluding carboxylic acids is 1. The van der Waals surface area contributed by atoms with Gasteiger partial charge in [0.05, 0.1) is 10.5 Å². The highest BCUT2D eigenvalue weighted by molar-refractivity contribution is 9.10. The fourth-order valence-electron chi connectivity index (χ4n) is 2.02. The van der Waals surface area contributed by atoms with Gasteiger partial charge in [-0.05, 0) is 29.8 Å². The number of carbonyl (C=O) groups is 1. The van der Waals surface area contributed by atoms with E-state index in [0.29, 0.717) is 22.4 Å². The van der Waals surface area contributed by atoms with Gasteiger partial charge in [0, 0.05) is 21.5 Å². The van der Waals surface area contributed by atoms with Crippen molar-refractivity contribution >= 4 is 44.1 Å². The highest BCUT2D eigenvalue weighted by Gasteiger charge is 2.23. The Balaban J connectivity index is 1.95. The zero-order valence-electron chi connectivity index (χ0n) is 10.5. The Kier molecular flexibility index (Phi) is 3.60. The maximum absolute atomic E-state index is 12.4. The molecule has 0 radical (unpaired) electrons.